The van der Waals surface area contributed by atoms with Crippen LogP contribution in [0.15, 0.2) is 0 Å². The van der Waals surface area contributed by atoms with Crippen molar-refractivity contribution in [3.05, 3.63) is 0 Å². The number of aliphatic hydroxyl groups is 2. The maximum Gasteiger partial charge on any atom is 0.228 e. The average Bonchev–Trinajstić information content (AvgIpc) is 2.01. The van der Waals surface area contributed by atoms with E-state index in [0.29, 0.717) is 26.2 Å². The van der Waals surface area contributed by atoms with Gasteiger partial charge in [0, 0.05) is 26.2 Å². The summed E-state index contributed by atoms with van der Waals surface area (Å²) >= 11 is 0. The molecule has 0 saturated carbocycles. The third-order valence-electron chi connectivity index (χ3n) is 2.18. The van der Waals surface area contributed by atoms with Crippen molar-refractivity contribution in [1.82, 2.24) is 10.2 Å². The zero-order valence-electron chi connectivity index (χ0n) is 7.57. The summed E-state index contributed by atoms with van der Waals surface area (Å²) in [7, 11) is 0. The number of hydrogen-bond acceptors (Lipinski definition) is 4. The molecule has 0 aromatic carbocycles. The van der Waals surface area contributed by atoms with Gasteiger partial charge in [-0.2, -0.15) is 0 Å². The van der Waals surface area contributed by atoms with Gasteiger partial charge >= 0.3 is 0 Å². The molecular formula is C8H16N2O3. The molecule has 0 aromatic heterocycles. The molecule has 5 nitrogen and oxygen atoms in total. The van der Waals surface area contributed by atoms with Crippen LogP contribution >= 0.6 is 0 Å². The van der Waals surface area contributed by atoms with Crippen molar-refractivity contribution in [2.24, 2.45) is 5.92 Å². The van der Waals surface area contributed by atoms with Crippen LogP contribution < -0.4 is 5.32 Å². The van der Waals surface area contributed by atoms with Crippen molar-refractivity contribution in [2.45, 2.75) is 0 Å². The minimum atomic E-state index is -0.0497. The minimum absolute atomic E-state index is 0.0295. The van der Waals surface area contributed by atoms with E-state index in [-0.39, 0.29) is 25.0 Å². The number of carbonyl (C=O) groups excluding carboxylic acids is 1. The lowest BCUT2D eigenvalue weighted by Gasteiger charge is -2.31. The fraction of sp³-hybridized carbons (Fsp3) is 0.875. The molecule has 0 radical (unpaired) electrons. The molecule has 5 heteroatoms. The summed E-state index contributed by atoms with van der Waals surface area (Å²) in [5.41, 5.74) is 0. The van der Waals surface area contributed by atoms with Crippen LogP contribution in [0, 0.1) is 5.92 Å². The molecular weight excluding hydrogens is 172 g/mol. The second kappa shape index (κ2) is 5.16. The molecule has 76 valence electrons. The summed E-state index contributed by atoms with van der Waals surface area (Å²) in [6.07, 6.45) is 0. The van der Waals surface area contributed by atoms with Crippen molar-refractivity contribution < 1.29 is 15.0 Å². The van der Waals surface area contributed by atoms with Gasteiger partial charge in [-0.3, -0.25) is 4.79 Å². The van der Waals surface area contributed by atoms with Crippen molar-refractivity contribution >= 4 is 5.91 Å². The average molecular weight is 188 g/mol. The van der Waals surface area contributed by atoms with E-state index in [4.69, 9.17) is 10.2 Å². The van der Waals surface area contributed by atoms with Gasteiger partial charge in [0.15, 0.2) is 0 Å². The molecule has 0 unspecified atom stereocenters. The highest BCUT2D eigenvalue weighted by atomic mass is 16.3. The monoisotopic (exact) mass is 188 g/mol. The molecule has 1 rings (SSSR count). The van der Waals surface area contributed by atoms with Crippen LogP contribution in [0.4, 0.5) is 0 Å². The molecule has 0 aliphatic carbocycles. The molecule has 0 aromatic rings. The molecule has 1 saturated heterocycles. The first-order valence-corrected chi connectivity index (χ1v) is 4.50. The Labute approximate surface area is 77.3 Å². The first-order chi connectivity index (χ1) is 6.29. The predicted octanol–water partition coefficient (Wildman–Crippen LogP) is -1.98. The Morgan fingerprint density at radius 2 is 1.85 bits per heavy atom. The molecule has 1 amide bonds. The number of carbonyl (C=O) groups is 1. The van der Waals surface area contributed by atoms with E-state index in [1.54, 1.807) is 0 Å². The van der Waals surface area contributed by atoms with Crippen molar-refractivity contribution in [3.63, 3.8) is 0 Å². The predicted molar refractivity (Wildman–Crippen MR) is 47.1 cm³/mol. The number of aliphatic hydroxyl groups excluding tert-OH is 2. The van der Waals surface area contributed by atoms with Crippen LogP contribution in [-0.4, -0.2) is 60.4 Å². The lowest BCUT2D eigenvalue weighted by atomic mass is 10.0. The first-order valence-electron chi connectivity index (χ1n) is 4.50. The van der Waals surface area contributed by atoms with Crippen LogP contribution in [-0.2, 0) is 4.79 Å². The van der Waals surface area contributed by atoms with Crippen molar-refractivity contribution in [3.8, 4) is 0 Å². The fourth-order valence-corrected chi connectivity index (χ4v) is 1.30. The molecule has 1 aliphatic rings. The van der Waals surface area contributed by atoms with E-state index in [0.717, 1.165) is 0 Å². The van der Waals surface area contributed by atoms with Gasteiger partial charge in [-0.05, 0) is 0 Å². The van der Waals surface area contributed by atoms with E-state index in [2.05, 4.69) is 5.32 Å². The zero-order valence-corrected chi connectivity index (χ0v) is 7.57. The van der Waals surface area contributed by atoms with E-state index >= 15 is 0 Å². The molecule has 1 heterocycles. The maximum atomic E-state index is 11.6. The number of rotatable bonds is 5. The summed E-state index contributed by atoms with van der Waals surface area (Å²) in [6, 6.07) is 0. The summed E-state index contributed by atoms with van der Waals surface area (Å²) in [6.45, 7) is 1.96. The van der Waals surface area contributed by atoms with Crippen molar-refractivity contribution in [1.29, 1.82) is 0 Å². The Morgan fingerprint density at radius 1 is 1.31 bits per heavy atom. The third kappa shape index (κ3) is 2.65. The standard InChI is InChI=1S/C8H16N2O3/c11-3-1-10(2-4-12)8(13)7-5-9-6-7/h7,9,11-12H,1-6H2. The highest BCUT2D eigenvalue weighted by Gasteiger charge is 2.28. The van der Waals surface area contributed by atoms with E-state index in [9.17, 15) is 4.79 Å². The molecule has 1 fully saturated rings. The second-order valence-electron chi connectivity index (χ2n) is 3.13. The smallest absolute Gasteiger partial charge is 0.228 e. The van der Waals surface area contributed by atoms with Gasteiger partial charge in [0.2, 0.25) is 5.91 Å². The normalized spacial score (nSPS) is 16.8. The quantitative estimate of drug-likeness (QED) is 0.467. The van der Waals surface area contributed by atoms with Gasteiger partial charge in [0.05, 0.1) is 19.1 Å². The summed E-state index contributed by atoms with van der Waals surface area (Å²) < 4.78 is 0. The largest absolute Gasteiger partial charge is 0.395 e. The lowest BCUT2D eigenvalue weighted by molar-refractivity contribution is -0.138. The maximum absolute atomic E-state index is 11.6. The number of nitrogens with one attached hydrogen (secondary N) is 1. The Balaban J connectivity index is 2.37. The highest BCUT2D eigenvalue weighted by Crippen LogP contribution is 2.07. The molecule has 3 N–H and O–H groups in total. The first kappa shape index (κ1) is 10.4. The van der Waals surface area contributed by atoms with Gasteiger partial charge in [0.1, 0.15) is 0 Å². The number of hydrogen-bond donors (Lipinski definition) is 3. The topological polar surface area (TPSA) is 72.8 Å². The molecule has 0 atom stereocenters. The zero-order chi connectivity index (χ0) is 9.68. The van der Waals surface area contributed by atoms with E-state index < -0.39 is 0 Å². The van der Waals surface area contributed by atoms with Crippen molar-refractivity contribution in [2.75, 3.05) is 39.4 Å². The van der Waals surface area contributed by atoms with Gasteiger partial charge in [-0.1, -0.05) is 0 Å². The summed E-state index contributed by atoms with van der Waals surface area (Å²) in [5.74, 6) is 0.0694. The second-order valence-corrected chi connectivity index (χ2v) is 3.13. The molecule has 0 spiro atoms. The van der Waals surface area contributed by atoms with Crippen LogP contribution in [0.2, 0.25) is 0 Å². The highest BCUT2D eigenvalue weighted by molar-refractivity contribution is 5.80. The van der Waals surface area contributed by atoms with Gasteiger partial charge < -0.3 is 20.4 Å². The molecule has 13 heavy (non-hydrogen) atoms. The Bertz CT molecular complexity index is 165. The Kier molecular flexibility index (Phi) is 4.14. The Hall–Kier alpha value is -0.650. The fourth-order valence-electron chi connectivity index (χ4n) is 1.30. The minimum Gasteiger partial charge on any atom is -0.395 e. The Morgan fingerprint density at radius 3 is 2.15 bits per heavy atom. The SMILES string of the molecule is O=C(C1CNC1)N(CCO)CCO. The number of amides is 1. The van der Waals surface area contributed by atoms with E-state index in [1.807, 2.05) is 0 Å². The van der Waals surface area contributed by atoms with Crippen LogP contribution in [0.5, 0.6) is 0 Å². The molecule has 1 aliphatic heterocycles. The lowest BCUT2D eigenvalue weighted by Crippen LogP contribution is -2.53. The van der Waals surface area contributed by atoms with Gasteiger partial charge in [-0.25, -0.2) is 0 Å². The van der Waals surface area contributed by atoms with Gasteiger partial charge in [-0.15, -0.1) is 0 Å². The molecule has 0 bridgehead atoms. The van der Waals surface area contributed by atoms with Crippen LogP contribution in [0.25, 0.3) is 0 Å². The summed E-state index contributed by atoms with van der Waals surface area (Å²) in [4.78, 5) is 13.1. The third-order valence-corrected chi connectivity index (χ3v) is 2.18. The van der Waals surface area contributed by atoms with Crippen LogP contribution in [0.1, 0.15) is 0 Å². The van der Waals surface area contributed by atoms with E-state index in [1.165, 1.54) is 4.90 Å². The number of nitrogens with zero attached hydrogens (tertiary/aromatic N) is 1. The van der Waals surface area contributed by atoms with Gasteiger partial charge in [0.25, 0.3) is 0 Å². The van der Waals surface area contributed by atoms with Crippen LogP contribution in [0.3, 0.4) is 0 Å². The summed E-state index contributed by atoms with van der Waals surface area (Å²) in [5, 5.41) is 20.4.